The minimum atomic E-state index is 0. The molecule has 0 amide bonds. The van der Waals surface area contributed by atoms with E-state index in [-0.39, 0.29) is 34.0 Å². The molecule has 0 radical (unpaired) electrons. The van der Waals surface area contributed by atoms with E-state index < -0.39 is 0 Å². The fourth-order valence-electron chi connectivity index (χ4n) is 2.73. The molecule has 0 aromatic rings. The lowest BCUT2D eigenvalue weighted by Crippen LogP contribution is -3.04. The van der Waals surface area contributed by atoms with Gasteiger partial charge in [0, 0.05) is 12.8 Å². The number of hydrogen-bond donors (Lipinski definition) is 2. The van der Waals surface area contributed by atoms with Crippen molar-refractivity contribution in [2.24, 2.45) is 0 Å². The van der Waals surface area contributed by atoms with Crippen LogP contribution in [-0.2, 0) is 0 Å². The second-order valence-corrected chi connectivity index (χ2v) is 4.37. The molecule has 2 fully saturated rings. The van der Waals surface area contributed by atoms with Crippen LogP contribution in [0.4, 0.5) is 0 Å². The summed E-state index contributed by atoms with van der Waals surface area (Å²) in [6.45, 7) is 2.77. The van der Waals surface area contributed by atoms with E-state index >= 15 is 0 Å². The second-order valence-electron chi connectivity index (χ2n) is 4.37. The molecule has 4 N–H and O–H groups in total. The number of rotatable bonds is 1. The highest BCUT2D eigenvalue weighted by molar-refractivity contribution is 4.70. The summed E-state index contributed by atoms with van der Waals surface area (Å²) >= 11 is 0. The van der Waals surface area contributed by atoms with E-state index in [1.54, 1.807) is 0 Å². The zero-order chi connectivity index (χ0) is 8.23. The molecule has 2 saturated heterocycles. The summed E-state index contributed by atoms with van der Waals surface area (Å²) in [5.74, 6) is 0. The first-order valence-corrected chi connectivity index (χ1v) is 5.63. The maximum atomic E-state index is 2.59. The zero-order valence-corrected chi connectivity index (χ0v) is 11.9. The van der Waals surface area contributed by atoms with Gasteiger partial charge in [0.25, 0.3) is 0 Å². The van der Waals surface area contributed by atoms with Crippen molar-refractivity contribution in [3.8, 4) is 0 Å². The molecule has 0 saturated carbocycles. The second kappa shape index (κ2) is 8.08. The molecule has 2 rings (SSSR count). The van der Waals surface area contributed by atoms with Crippen LogP contribution in [0, 0.1) is 0 Å². The topological polar surface area (TPSA) is 33.2 Å². The maximum absolute atomic E-state index is 2.59. The van der Waals surface area contributed by atoms with Gasteiger partial charge in [0.15, 0.2) is 0 Å². The van der Waals surface area contributed by atoms with Crippen LogP contribution in [0.1, 0.15) is 38.5 Å². The molecule has 2 nitrogen and oxygen atoms in total. The Hall–Kier alpha value is 0.880. The van der Waals surface area contributed by atoms with Crippen LogP contribution in [0.2, 0.25) is 0 Å². The molecular formula is C10H22Br2N2. The van der Waals surface area contributed by atoms with Gasteiger partial charge in [0.2, 0.25) is 0 Å². The lowest BCUT2D eigenvalue weighted by Gasteiger charge is -2.29. The van der Waals surface area contributed by atoms with E-state index in [9.17, 15) is 0 Å². The molecule has 0 spiro atoms. The van der Waals surface area contributed by atoms with E-state index in [4.69, 9.17) is 0 Å². The highest BCUT2D eigenvalue weighted by Crippen LogP contribution is 2.09. The Balaban J connectivity index is 0.000000845. The van der Waals surface area contributed by atoms with Gasteiger partial charge in [0.1, 0.15) is 12.1 Å². The van der Waals surface area contributed by atoms with Crippen molar-refractivity contribution in [3.05, 3.63) is 0 Å². The largest absolute Gasteiger partial charge is 1.00 e. The molecule has 2 aliphatic rings. The Morgan fingerprint density at radius 1 is 0.643 bits per heavy atom. The Bertz CT molecular complexity index is 116. The van der Waals surface area contributed by atoms with Gasteiger partial charge in [-0.05, 0) is 25.7 Å². The average molecular weight is 330 g/mol. The molecule has 2 atom stereocenters. The average Bonchev–Trinajstić information content (AvgIpc) is 2.21. The Morgan fingerprint density at radius 2 is 1.07 bits per heavy atom. The summed E-state index contributed by atoms with van der Waals surface area (Å²) < 4.78 is 0. The number of quaternary nitrogens is 2. The predicted molar refractivity (Wildman–Crippen MR) is 48.9 cm³/mol. The number of nitrogens with two attached hydrogens (primary N) is 2. The van der Waals surface area contributed by atoms with Crippen molar-refractivity contribution >= 4 is 0 Å². The van der Waals surface area contributed by atoms with Crippen LogP contribution in [0.5, 0.6) is 0 Å². The quantitative estimate of drug-likeness (QED) is 0.479. The maximum Gasteiger partial charge on any atom is 0.138 e. The summed E-state index contributed by atoms with van der Waals surface area (Å²) in [7, 11) is 0. The van der Waals surface area contributed by atoms with E-state index in [0.29, 0.717) is 0 Å². The van der Waals surface area contributed by atoms with Crippen LogP contribution in [0.15, 0.2) is 0 Å². The molecule has 0 bridgehead atoms. The van der Waals surface area contributed by atoms with Gasteiger partial charge in [-0.1, -0.05) is 0 Å². The highest BCUT2D eigenvalue weighted by atomic mass is 79.9. The monoisotopic (exact) mass is 328 g/mol. The Labute approximate surface area is 108 Å². The van der Waals surface area contributed by atoms with Crippen LogP contribution >= 0.6 is 0 Å². The Morgan fingerprint density at radius 3 is 1.36 bits per heavy atom. The van der Waals surface area contributed by atoms with Gasteiger partial charge >= 0.3 is 0 Å². The van der Waals surface area contributed by atoms with Gasteiger partial charge in [-0.25, -0.2) is 0 Å². The number of halogens is 2. The lowest BCUT2D eigenvalue weighted by atomic mass is 9.92. The van der Waals surface area contributed by atoms with E-state index in [1.807, 2.05) is 0 Å². The minimum Gasteiger partial charge on any atom is -1.00 e. The Kier molecular flexibility index (Phi) is 8.59. The summed E-state index contributed by atoms with van der Waals surface area (Å²) in [5.41, 5.74) is 0. The normalized spacial score (nSPS) is 32.6. The smallest absolute Gasteiger partial charge is 0.138 e. The van der Waals surface area contributed by atoms with Crippen LogP contribution in [0.3, 0.4) is 0 Å². The lowest BCUT2D eigenvalue weighted by molar-refractivity contribution is -0.782. The fraction of sp³-hybridized carbons (Fsp3) is 1.00. The van der Waals surface area contributed by atoms with Gasteiger partial charge < -0.3 is 44.6 Å². The molecule has 4 heteroatoms. The van der Waals surface area contributed by atoms with Gasteiger partial charge in [-0.2, -0.15) is 0 Å². The third kappa shape index (κ3) is 4.17. The van der Waals surface area contributed by atoms with Crippen molar-refractivity contribution in [2.45, 2.75) is 50.6 Å². The van der Waals surface area contributed by atoms with Crippen molar-refractivity contribution < 1.29 is 44.6 Å². The van der Waals surface area contributed by atoms with Crippen molar-refractivity contribution in [3.63, 3.8) is 0 Å². The molecule has 0 aliphatic carbocycles. The molecule has 2 aliphatic heterocycles. The van der Waals surface area contributed by atoms with Gasteiger partial charge in [-0.3, -0.25) is 0 Å². The first-order chi connectivity index (χ1) is 5.97. The number of hydrogen-bond acceptors (Lipinski definition) is 0. The molecule has 2 heterocycles. The van der Waals surface area contributed by atoms with Crippen molar-refractivity contribution in [1.82, 2.24) is 0 Å². The van der Waals surface area contributed by atoms with E-state index in [2.05, 4.69) is 10.6 Å². The molecule has 86 valence electrons. The van der Waals surface area contributed by atoms with Gasteiger partial charge in [-0.15, -0.1) is 0 Å². The summed E-state index contributed by atoms with van der Waals surface area (Å²) in [4.78, 5) is 0. The standard InChI is InChI=1S/C10H20N2.2BrH/c1-3-7-11-9(5-1)10-6-2-4-8-12-10;;/h9-12H,1-8H2;2*1H/t9-,10+;;. The first kappa shape index (κ1) is 14.9. The van der Waals surface area contributed by atoms with Gasteiger partial charge in [0.05, 0.1) is 13.1 Å². The third-order valence-electron chi connectivity index (χ3n) is 3.47. The number of piperidine rings is 2. The summed E-state index contributed by atoms with van der Waals surface area (Å²) in [5, 5.41) is 5.19. The molecule has 0 aromatic heterocycles. The van der Waals surface area contributed by atoms with Crippen LogP contribution in [0.25, 0.3) is 0 Å². The van der Waals surface area contributed by atoms with E-state index in [0.717, 1.165) is 12.1 Å². The summed E-state index contributed by atoms with van der Waals surface area (Å²) in [6, 6.07) is 1.91. The molecule has 0 aromatic carbocycles. The fourth-order valence-corrected chi connectivity index (χ4v) is 2.73. The molecular weight excluding hydrogens is 308 g/mol. The third-order valence-corrected chi connectivity index (χ3v) is 3.47. The molecule has 14 heavy (non-hydrogen) atoms. The first-order valence-electron chi connectivity index (χ1n) is 5.63. The summed E-state index contributed by atoms with van der Waals surface area (Å²) in [6.07, 6.45) is 8.80. The van der Waals surface area contributed by atoms with Crippen LogP contribution in [-0.4, -0.2) is 25.2 Å². The SMILES string of the molecule is C1CC[C@@H]([C@H]2CCCC[NH2+]2)[NH2+]C1.[Br-].[Br-]. The highest BCUT2D eigenvalue weighted by Gasteiger charge is 2.30. The van der Waals surface area contributed by atoms with E-state index in [1.165, 1.54) is 51.6 Å². The minimum absolute atomic E-state index is 0. The van der Waals surface area contributed by atoms with Crippen molar-refractivity contribution in [2.75, 3.05) is 13.1 Å². The molecule has 0 unspecified atom stereocenters. The van der Waals surface area contributed by atoms with Crippen molar-refractivity contribution in [1.29, 1.82) is 0 Å². The predicted octanol–water partition coefficient (Wildman–Crippen LogP) is -6.77. The van der Waals surface area contributed by atoms with Crippen LogP contribution < -0.4 is 44.6 Å². The zero-order valence-electron chi connectivity index (χ0n) is 8.72.